The Morgan fingerprint density at radius 1 is 0.286 bits per heavy atom. The van der Waals surface area contributed by atoms with E-state index in [1.165, 1.54) is 49.7 Å². The summed E-state index contributed by atoms with van der Waals surface area (Å²) in [6.07, 6.45) is 0. The van der Waals surface area contributed by atoms with E-state index in [1.807, 2.05) is 18.2 Å². The molecule has 264 valence electrons. The van der Waals surface area contributed by atoms with E-state index < -0.39 is 0 Å². The molecule has 56 heavy (non-hydrogen) atoms. The van der Waals surface area contributed by atoms with Crippen molar-refractivity contribution < 1.29 is 4.42 Å². The minimum Gasteiger partial charge on any atom is -0.456 e. The number of nitrogens with zero attached hydrogens (tertiary/aromatic N) is 1. The number of rotatable bonds is 8. The quantitative estimate of drug-likeness (QED) is 0.156. The number of hydrogen-bond donors (Lipinski definition) is 0. The molecule has 0 radical (unpaired) electrons. The minimum absolute atomic E-state index is 0.878. The van der Waals surface area contributed by atoms with Crippen LogP contribution < -0.4 is 4.90 Å². The van der Waals surface area contributed by atoms with Gasteiger partial charge in [-0.2, -0.15) is 0 Å². The Morgan fingerprint density at radius 2 is 0.804 bits per heavy atom. The molecule has 1 aromatic heterocycles. The Labute approximate surface area is 327 Å². The van der Waals surface area contributed by atoms with Gasteiger partial charge in [0.2, 0.25) is 0 Å². The third kappa shape index (κ3) is 6.34. The first-order valence-electron chi connectivity index (χ1n) is 19.1. The van der Waals surface area contributed by atoms with Crippen LogP contribution in [0.5, 0.6) is 0 Å². The van der Waals surface area contributed by atoms with Crippen molar-refractivity contribution in [3.8, 4) is 55.8 Å². The third-order valence-electron chi connectivity index (χ3n) is 10.7. The van der Waals surface area contributed by atoms with Crippen LogP contribution in [0.25, 0.3) is 77.6 Å². The zero-order valence-electron chi connectivity index (χ0n) is 30.7. The lowest BCUT2D eigenvalue weighted by Gasteiger charge is -2.28. The lowest BCUT2D eigenvalue weighted by atomic mass is 9.94. The van der Waals surface area contributed by atoms with Crippen LogP contribution in [0.4, 0.5) is 17.1 Å². The van der Waals surface area contributed by atoms with Crippen molar-refractivity contribution in [3.63, 3.8) is 0 Å². The SMILES string of the molecule is c1ccc(-c2ccccc2-c2ccc(N(c3ccc4cc(-c5cccc(-c6cc7ccccc7o6)c5)ccc4c3)c3ccccc3-c3ccccc3)cc2)cc1. The number of fused-ring (bicyclic) bond motifs is 2. The zero-order valence-corrected chi connectivity index (χ0v) is 30.7. The highest BCUT2D eigenvalue weighted by Gasteiger charge is 2.18. The molecular formula is C54H37NO. The molecule has 0 aliphatic heterocycles. The number of anilines is 3. The van der Waals surface area contributed by atoms with Gasteiger partial charge in [0.05, 0.1) is 5.69 Å². The normalized spacial score (nSPS) is 11.2. The van der Waals surface area contributed by atoms with E-state index in [4.69, 9.17) is 4.42 Å². The summed E-state index contributed by atoms with van der Waals surface area (Å²) in [4.78, 5) is 2.39. The summed E-state index contributed by atoms with van der Waals surface area (Å²) in [6.45, 7) is 0. The van der Waals surface area contributed by atoms with Gasteiger partial charge in [-0.15, -0.1) is 0 Å². The fraction of sp³-hybridized carbons (Fsp3) is 0. The molecule has 0 spiro atoms. The molecule has 10 rings (SSSR count). The van der Waals surface area contributed by atoms with Crippen molar-refractivity contribution >= 4 is 38.8 Å². The fourth-order valence-corrected chi connectivity index (χ4v) is 7.88. The summed E-state index contributed by atoms with van der Waals surface area (Å²) in [5.74, 6) is 0.878. The van der Waals surface area contributed by atoms with E-state index in [0.29, 0.717) is 0 Å². The van der Waals surface area contributed by atoms with Crippen molar-refractivity contribution in [1.29, 1.82) is 0 Å². The first-order chi connectivity index (χ1) is 27.7. The molecule has 0 fully saturated rings. The van der Waals surface area contributed by atoms with Crippen LogP contribution in [0.15, 0.2) is 229 Å². The molecule has 0 aliphatic carbocycles. The second kappa shape index (κ2) is 14.4. The van der Waals surface area contributed by atoms with Crippen LogP contribution >= 0.6 is 0 Å². The topological polar surface area (TPSA) is 16.4 Å². The molecule has 0 saturated carbocycles. The summed E-state index contributed by atoms with van der Waals surface area (Å²) in [6, 6.07) is 80.1. The molecule has 9 aromatic carbocycles. The van der Waals surface area contributed by atoms with E-state index in [0.717, 1.165) is 44.9 Å². The lowest BCUT2D eigenvalue weighted by molar-refractivity contribution is 0.631. The maximum atomic E-state index is 6.21. The summed E-state index contributed by atoms with van der Waals surface area (Å²) >= 11 is 0. The van der Waals surface area contributed by atoms with Gasteiger partial charge in [-0.1, -0.05) is 170 Å². The Balaban J connectivity index is 1.04. The molecule has 0 unspecified atom stereocenters. The number of hydrogen-bond acceptors (Lipinski definition) is 2. The molecule has 0 atom stereocenters. The van der Waals surface area contributed by atoms with Gasteiger partial charge in [-0.25, -0.2) is 0 Å². The Hall–Kier alpha value is -7.42. The lowest BCUT2D eigenvalue weighted by Crippen LogP contribution is -2.11. The monoisotopic (exact) mass is 715 g/mol. The van der Waals surface area contributed by atoms with Gasteiger partial charge in [0.25, 0.3) is 0 Å². The van der Waals surface area contributed by atoms with E-state index in [1.54, 1.807) is 0 Å². The zero-order chi connectivity index (χ0) is 37.3. The van der Waals surface area contributed by atoms with Crippen molar-refractivity contribution in [1.82, 2.24) is 0 Å². The molecule has 10 aromatic rings. The van der Waals surface area contributed by atoms with Gasteiger partial charge in [0.15, 0.2) is 0 Å². The molecule has 0 amide bonds. The highest BCUT2D eigenvalue weighted by molar-refractivity contribution is 5.95. The summed E-state index contributed by atoms with van der Waals surface area (Å²) < 4.78 is 6.21. The van der Waals surface area contributed by atoms with E-state index in [-0.39, 0.29) is 0 Å². The second-order valence-corrected chi connectivity index (χ2v) is 14.2. The Bertz CT molecular complexity index is 2930. The van der Waals surface area contributed by atoms with Crippen molar-refractivity contribution in [2.45, 2.75) is 0 Å². The van der Waals surface area contributed by atoms with Gasteiger partial charge in [-0.05, 0) is 104 Å². The first-order valence-corrected chi connectivity index (χ1v) is 19.1. The largest absolute Gasteiger partial charge is 0.456 e. The standard InChI is InChI=1S/C54H37NO/c1-3-14-38(15-4-1)49-21-8-9-22-50(49)40-28-31-47(32-29-40)55(52-24-11-10-23-51(52)39-16-5-2-6-17-39)48-33-30-43-34-42(26-27-44(43)36-48)41-19-13-20-45(35-41)54-37-46-18-7-12-25-53(46)56-54/h1-37H. The number of para-hydroxylation sites is 2. The first kappa shape index (κ1) is 33.2. The number of furan rings is 1. The van der Waals surface area contributed by atoms with Gasteiger partial charge >= 0.3 is 0 Å². The maximum absolute atomic E-state index is 6.21. The van der Waals surface area contributed by atoms with Gasteiger partial charge < -0.3 is 9.32 Å². The average molecular weight is 716 g/mol. The van der Waals surface area contributed by atoms with Gasteiger partial charge in [0, 0.05) is 27.9 Å². The second-order valence-electron chi connectivity index (χ2n) is 14.2. The van der Waals surface area contributed by atoms with Crippen LogP contribution in [-0.4, -0.2) is 0 Å². The van der Waals surface area contributed by atoms with Crippen LogP contribution in [0.1, 0.15) is 0 Å². The van der Waals surface area contributed by atoms with Crippen molar-refractivity contribution in [3.05, 3.63) is 224 Å². The maximum Gasteiger partial charge on any atom is 0.135 e. The smallest absolute Gasteiger partial charge is 0.135 e. The highest BCUT2D eigenvalue weighted by atomic mass is 16.3. The number of benzene rings is 9. The molecular weight excluding hydrogens is 679 g/mol. The van der Waals surface area contributed by atoms with Crippen LogP contribution in [0, 0.1) is 0 Å². The minimum atomic E-state index is 0.878. The average Bonchev–Trinajstić information content (AvgIpc) is 3.72. The highest BCUT2D eigenvalue weighted by Crippen LogP contribution is 2.43. The molecule has 0 saturated heterocycles. The van der Waals surface area contributed by atoms with Crippen LogP contribution in [-0.2, 0) is 0 Å². The van der Waals surface area contributed by atoms with Crippen molar-refractivity contribution in [2.75, 3.05) is 4.90 Å². The Morgan fingerprint density at radius 3 is 1.55 bits per heavy atom. The molecule has 2 heteroatoms. The van der Waals surface area contributed by atoms with Crippen LogP contribution in [0.2, 0.25) is 0 Å². The van der Waals surface area contributed by atoms with Gasteiger partial charge in [0.1, 0.15) is 11.3 Å². The molecule has 0 N–H and O–H groups in total. The summed E-state index contributed by atoms with van der Waals surface area (Å²) in [5, 5.41) is 3.47. The van der Waals surface area contributed by atoms with E-state index in [2.05, 4.69) is 211 Å². The fourth-order valence-electron chi connectivity index (χ4n) is 7.88. The molecule has 2 nitrogen and oxygen atoms in total. The van der Waals surface area contributed by atoms with Crippen molar-refractivity contribution in [2.24, 2.45) is 0 Å². The predicted molar refractivity (Wildman–Crippen MR) is 236 cm³/mol. The summed E-state index contributed by atoms with van der Waals surface area (Å²) in [7, 11) is 0. The third-order valence-corrected chi connectivity index (χ3v) is 10.7. The van der Waals surface area contributed by atoms with E-state index >= 15 is 0 Å². The summed E-state index contributed by atoms with van der Waals surface area (Å²) in [5.41, 5.74) is 14.8. The van der Waals surface area contributed by atoms with Gasteiger partial charge in [-0.3, -0.25) is 0 Å². The van der Waals surface area contributed by atoms with Crippen LogP contribution in [0.3, 0.4) is 0 Å². The molecule has 1 heterocycles. The Kier molecular flexibility index (Phi) is 8.55. The molecule has 0 aliphatic rings. The predicted octanol–water partition coefficient (Wildman–Crippen LogP) is 15.4. The van der Waals surface area contributed by atoms with E-state index in [9.17, 15) is 0 Å². The molecule has 0 bridgehead atoms.